The number of hydrogen-bond acceptors (Lipinski definition) is 6. The van der Waals surface area contributed by atoms with E-state index < -0.39 is 35.0 Å². The van der Waals surface area contributed by atoms with Gasteiger partial charge >= 0.3 is 5.97 Å². The van der Waals surface area contributed by atoms with Gasteiger partial charge in [-0.3, -0.25) is 14.4 Å². The van der Waals surface area contributed by atoms with Crippen molar-refractivity contribution >= 4 is 35.1 Å². The van der Waals surface area contributed by atoms with Crippen molar-refractivity contribution in [3.8, 4) is 0 Å². The summed E-state index contributed by atoms with van der Waals surface area (Å²) < 4.78 is 12.4. The van der Waals surface area contributed by atoms with Crippen molar-refractivity contribution in [3.05, 3.63) is 54.6 Å². The van der Waals surface area contributed by atoms with E-state index in [1.54, 1.807) is 34.1 Å². The van der Waals surface area contributed by atoms with E-state index in [4.69, 9.17) is 26.2 Å². The third kappa shape index (κ3) is 5.97. The summed E-state index contributed by atoms with van der Waals surface area (Å²) in [5.74, 6) is -2.56. The van der Waals surface area contributed by atoms with Crippen LogP contribution in [0.25, 0.3) is 0 Å². The minimum atomic E-state index is -1.14. The van der Waals surface area contributed by atoms with Gasteiger partial charge in [0, 0.05) is 19.7 Å². The number of fused-ring (bicyclic) bond motifs is 1. The maximum atomic E-state index is 14.5. The van der Waals surface area contributed by atoms with E-state index in [0.717, 1.165) is 25.7 Å². The normalized spacial score (nSPS) is 28.0. The van der Waals surface area contributed by atoms with Gasteiger partial charge in [0.05, 0.1) is 28.8 Å². The van der Waals surface area contributed by atoms with Crippen molar-refractivity contribution in [2.75, 3.05) is 31.2 Å². The van der Waals surface area contributed by atoms with Crippen LogP contribution >= 0.6 is 11.6 Å². The van der Waals surface area contributed by atoms with Crippen LogP contribution in [0.4, 0.5) is 5.69 Å². The van der Waals surface area contributed by atoms with Crippen LogP contribution in [0.1, 0.15) is 64.7 Å². The second kappa shape index (κ2) is 13.5. The molecule has 1 aromatic carbocycles. The molecule has 1 N–H and O–H groups in total. The number of nitrogens with zero attached hydrogens (tertiary/aromatic N) is 2. The quantitative estimate of drug-likeness (QED) is 0.165. The average Bonchev–Trinajstić information content (AvgIpc) is 3.52. The summed E-state index contributed by atoms with van der Waals surface area (Å²) >= 11 is 6.53. The fraction of sp³-hybridized carbons (Fsp3) is 0.594. The van der Waals surface area contributed by atoms with Gasteiger partial charge in [0.2, 0.25) is 5.91 Å². The van der Waals surface area contributed by atoms with Crippen LogP contribution in [-0.4, -0.2) is 71.3 Å². The molecule has 224 valence electrons. The lowest BCUT2D eigenvalue weighted by atomic mass is 9.66. The minimum Gasteiger partial charge on any atom is -0.465 e. The number of aliphatic hydroxyl groups is 1. The molecule has 0 aliphatic carbocycles. The summed E-state index contributed by atoms with van der Waals surface area (Å²) in [5.41, 5.74) is -1.50. The number of hydrogen-bond donors (Lipinski definition) is 1. The molecule has 2 unspecified atom stereocenters. The second-order valence-corrected chi connectivity index (χ2v) is 11.9. The molecule has 2 amide bonds. The van der Waals surface area contributed by atoms with Crippen molar-refractivity contribution in [1.29, 1.82) is 0 Å². The Morgan fingerprint density at radius 1 is 1.15 bits per heavy atom. The van der Waals surface area contributed by atoms with E-state index >= 15 is 0 Å². The zero-order valence-corrected chi connectivity index (χ0v) is 24.8. The molecule has 4 rings (SSSR count). The summed E-state index contributed by atoms with van der Waals surface area (Å²) in [6.45, 7) is 10.4. The first-order valence-corrected chi connectivity index (χ1v) is 15.2. The molecule has 3 heterocycles. The van der Waals surface area contributed by atoms with Gasteiger partial charge in [-0.15, -0.1) is 13.2 Å². The fourth-order valence-corrected chi connectivity index (χ4v) is 7.20. The van der Waals surface area contributed by atoms with E-state index in [1.165, 1.54) is 0 Å². The van der Waals surface area contributed by atoms with Gasteiger partial charge in [-0.05, 0) is 64.0 Å². The zero-order valence-electron chi connectivity index (χ0n) is 24.1. The second-order valence-electron chi connectivity index (χ2n) is 11.5. The summed E-state index contributed by atoms with van der Waals surface area (Å²) in [4.78, 5) is 45.5. The van der Waals surface area contributed by atoms with Gasteiger partial charge in [0.15, 0.2) is 0 Å². The Kier molecular flexibility index (Phi) is 10.3. The van der Waals surface area contributed by atoms with Crippen molar-refractivity contribution in [3.63, 3.8) is 0 Å². The molecule has 8 nitrogen and oxygen atoms in total. The van der Waals surface area contributed by atoms with Crippen LogP contribution in [0.3, 0.4) is 0 Å². The van der Waals surface area contributed by atoms with E-state index in [-0.39, 0.29) is 31.6 Å². The number of benzene rings is 1. The van der Waals surface area contributed by atoms with Crippen LogP contribution < -0.4 is 4.90 Å². The number of carbonyl (C=O) groups excluding carboxylic acids is 3. The Morgan fingerprint density at radius 2 is 1.90 bits per heavy atom. The molecule has 0 saturated carbocycles. The first-order valence-electron chi connectivity index (χ1n) is 14.8. The zero-order chi connectivity index (χ0) is 29.6. The lowest BCUT2D eigenvalue weighted by Crippen LogP contribution is -2.56. The Morgan fingerprint density at radius 3 is 2.61 bits per heavy atom. The van der Waals surface area contributed by atoms with E-state index in [1.807, 2.05) is 19.1 Å². The van der Waals surface area contributed by atoms with Gasteiger partial charge in [-0.1, -0.05) is 48.7 Å². The van der Waals surface area contributed by atoms with Crippen molar-refractivity contribution in [1.82, 2.24) is 4.90 Å². The molecule has 5 atom stereocenters. The molecular weight excluding hydrogens is 544 g/mol. The van der Waals surface area contributed by atoms with Crippen LogP contribution in [0.2, 0.25) is 5.02 Å². The number of amides is 2. The SMILES string of the molecule is C=CCCCCOC(=O)[C@H]1[C@H]2C(=O)N(CCCCCCO)C(C(=O)N(CC=C)c3ccccc3Cl)C23CC[C@]1(C)O3. The highest BCUT2D eigenvalue weighted by atomic mass is 35.5. The summed E-state index contributed by atoms with van der Waals surface area (Å²) in [7, 11) is 0. The van der Waals surface area contributed by atoms with Gasteiger partial charge in [-0.2, -0.15) is 0 Å². The van der Waals surface area contributed by atoms with Crippen molar-refractivity contribution in [2.24, 2.45) is 11.8 Å². The number of allylic oxidation sites excluding steroid dienone is 1. The van der Waals surface area contributed by atoms with Gasteiger partial charge in [0.25, 0.3) is 5.91 Å². The number of rotatable bonds is 16. The molecule has 0 radical (unpaired) electrons. The number of esters is 1. The Bertz CT molecular complexity index is 1140. The Balaban J connectivity index is 1.67. The first kappa shape index (κ1) is 31.3. The minimum absolute atomic E-state index is 0.118. The number of para-hydroxylation sites is 1. The average molecular weight is 587 g/mol. The van der Waals surface area contributed by atoms with Crippen LogP contribution in [0, 0.1) is 11.8 Å². The van der Waals surface area contributed by atoms with Crippen LogP contribution in [-0.2, 0) is 23.9 Å². The number of anilines is 1. The molecule has 1 spiro atoms. The standard InChI is InChI=1S/C32H43ClN2O6/c1-4-6-7-14-22-40-30(39)26-25-28(37)35(20-12-8-9-13-21-36)27(32(25)18-17-31(26,3)41-32)29(38)34(19-5-2)24-16-11-10-15-23(24)33/h4-5,10-11,15-16,25-27,36H,1-2,6-9,12-14,17-22H2,3H3/t25-,26+,27?,31-,32?/m0/s1. The first-order chi connectivity index (χ1) is 19.8. The topological polar surface area (TPSA) is 96.4 Å². The van der Waals surface area contributed by atoms with Crippen molar-refractivity contribution in [2.45, 2.75) is 82.0 Å². The molecular formula is C32H43ClN2O6. The predicted molar refractivity (Wildman–Crippen MR) is 158 cm³/mol. The highest BCUT2D eigenvalue weighted by Gasteiger charge is 2.78. The summed E-state index contributed by atoms with van der Waals surface area (Å²) in [6, 6.07) is 6.19. The highest BCUT2D eigenvalue weighted by molar-refractivity contribution is 6.34. The number of ether oxygens (including phenoxy) is 2. The number of unbranched alkanes of at least 4 members (excludes halogenated alkanes) is 5. The lowest BCUT2D eigenvalue weighted by Gasteiger charge is -2.37. The number of aliphatic hydroxyl groups excluding tert-OH is 1. The molecule has 3 saturated heterocycles. The molecule has 3 fully saturated rings. The van der Waals surface area contributed by atoms with E-state index in [9.17, 15) is 14.4 Å². The molecule has 41 heavy (non-hydrogen) atoms. The van der Waals surface area contributed by atoms with E-state index in [0.29, 0.717) is 49.4 Å². The summed E-state index contributed by atoms with van der Waals surface area (Å²) in [5, 5.41) is 9.58. The molecule has 2 bridgehead atoms. The smallest absolute Gasteiger partial charge is 0.312 e. The van der Waals surface area contributed by atoms with E-state index in [2.05, 4.69) is 13.2 Å². The number of halogens is 1. The predicted octanol–water partition coefficient (Wildman–Crippen LogP) is 5.08. The van der Waals surface area contributed by atoms with Crippen LogP contribution in [0.5, 0.6) is 0 Å². The molecule has 1 aromatic rings. The number of likely N-dealkylation sites (tertiary alicyclic amines) is 1. The molecule has 9 heteroatoms. The van der Waals surface area contributed by atoms with Gasteiger partial charge in [0.1, 0.15) is 17.6 Å². The monoisotopic (exact) mass is 586 g/mol. The lowest BCUT2D eigenvalue weighted by molar-refractivity contribution is -0.159. The molecule has 3 aliphatic rings. The van der Waals surface area contributed by atoms with Gasteiger partial charge in [-0.25, -0.2) is 0 Å². The Labute approximate surface area is 248 Å². The summed E-state index contributed by atoms with van der Waals surface area (Å²) in [6.07, 6.45) is 9.91. The van der Waals surface area contributed by atoms with Crippen LogP contribution in [0.15, 0.2) is 49.6 Å². The molecule has 3 aliphatic heterocycles. The third-order valence-electron chi connectivity index (χ3n) is 8.84. The number of carbonyl (C=O) groups is 3. The van der Waals surface area contributed by atoms with Gasteiger partial charge < -0.3 is 24.4 Å². The maximum Gasteiger partial charge on any atom is 0.312 e. The largest absolute Gasteiger partial charge is 0.465 e. The fourth-order valence-electron chi connectivity index (χ4n) is 6.96. The third-order valence-corrected chi connectivity index (χ3v) is 9.16. The van der Waals surface area contributed by atoms with Crippen molar-refractivity contribution < 1.29 is 29.0 Å². The highest BCUT2D eigenvalue weighted by Crippen LogP contribution is 2.63. The molecule has 0 aromatic heterocycles. The maximum absolute atomic E-state index is 14.5. The Hall–Kier alpha value is -2.68.